The van der Waals surface area contributed by atoms with Crippen LogP contribution < -0.4 is 5.32 Å². The van der Waals surface area contributed by atoms with Gasteiger partial charge in [0, 0.05) is 12.1 Å². The molecule has 0 saturated carbocycles. The van der Waals surface area contributed by atoms with Crippen LogP contribution in [-0.2, 0) is 11.2 Å². The average molecular weight is 191 g/mol. The number of carbonyl (C=O) groups is 1. The van der Waals surface area contributed by atoms with E-state index >= 15 is 0 Å². The van der Waals surface area contributed by atoms with Crippen molar-refractivity contribution in [2.24, 2.45) is 0 Å². The molecule has 2 N–H and O–H groups in total. The van der Waals surface area contributed by atoms with E-state index < -0.39 is 0 Å². The van der Waals surface area contributed by atoms with Gasteiger partial charge in [0.15, 0.2) is 0 Å². The number of aromatic hydroxyl groups is 1. The van der Waals surface area contributed by atoms with Crippen molar-refractivity contribution in [3.63, 3.8) is 0 Å². The number of rotatable bonds is 1. The van der Waals surface area contributed by atoms with E-state index in [-0.39, 0.29) is 6.04 Å². The van der Waals surface area contributed by atoms with Crippen LogP contribution in [0.2, 0.25) is 0 Å². The molecule has 0 aromatic heterocycles. The van der Waals surface area contributed by atoms with E-state index in [2.05, 4.69) is 5.32 Å². The van der Waals surface area contributed by atoms with Gasteiger partial charge in [0.25, 0.3) is 0 Å². The van der Waals surface area contributed by atoms with Crippen LogP contribution in [0.3, 0.4) is 0 Å². The third kappa shape index (κ3) is 1.30. The molecule has 74 valence electrons. The molecule has 0 saturated heterocycles. The molecular formula is C11H13NO2. The first-order valence-corrected chi connectivity index (χ1v) is 4.74. The molecule has 1 unspecified atom stereocenters. The monoisotopic (exact) mass is 191 g/mol. The summed E-state index contributed by atoms with van der Waals surface area (Å²) in [7, 11) is 0. The molecule has 0 bridgehead atoms. The van der Waals surface area contributed by atoms with Gasteiger partial charge in [-0.25, -0.2) is 0 Å². The van der Waals surface area contributed by atoms with Crippen molar-refractivity contribution >= 4 is 6.29 Å². The van der Waals surface area contributed by atoms with Crippen LogP contribution in [0.15, 0.2) is 12.1 Å². The van der Waals surface area contributed by atoms with Crippen LogP contribution in [-0.4, -0.2) is 17.9 Å². The summed E-state index contributed by atoms with van der Waals surface area (Å²) in [5, 5.41) is 12.8. The fourth-order valence-corrected chi connectivity index (χ4v) is 2.04. The maximum Gasteiger partial charge on any atom is 0.141 e. The quantitative estimate of drug-likeness (QED) is 0.653. The molecule has 3 heteroatoms. The molecule has 0 amide bonds. The minimum atomic E-state index is -0.258. The number of nitrogens with one attached hydrogen (secondary N) is 1. The van der Waals surface area contributed by atoms with Crippen molar-refractivity contribution in [3.05, 3.63) is 28.8 Å². The summed E-state index contributed by atoms with van der Waals surface area (Å²) in [5.74, 6) is 0.305. The predicted molar refractivity (Wildman–Crippen MR) is 53.4 cm³/mol. The Morgan fingerprint density at radius 3 is 3.07 bits per heavy atom. The molecule has 1 aromatic rings. The van der Waals surface area contributed by atoms with Gasteiger partial charge in [0.2, 0.25) is 0 Å². The fourth-order valence-electron chi connectivity index (χ4n) is 2.04. The van der Waals surface area contributed by atoms with Gasteiger partial charge >= 0.3 is 0 Å². The summed E-state index contributed by atoms with van der Waals surface area (Å²) in [6.45, 7) is 2.70. The first-order chi connectivity index (χ1) is 6.74. The molecule has 2 rings (SSSR count). The van der Waals surface area contributed by atoms with E-state index in [1.807, 2.05) is 13.0 Å². The van der Waals surface area contributed by atoms with Crippen molar-refractivity contribution in [3.8, 4) is 5.75 Å². The maximum atomic E-state index is 10.8. The highest BCUT2D eigenvalue weighted by Crippen LogP contribution is 2.31. The number of benzene rings is 1. The Labute approximate surface area is 82.8 Å². The van der Waals surface area contributed by atoms with Gasteiger partial charge in [0.05, 0.1) is 6.04 Å². The van der Waals surface area contributed by atoms with Crippen molar-refractivity contribution in [2.45, 2.75) is 19.4 Å². The van der Waals surface area contributed by atoms with E-state index in [9.17, 15) is 9.90 Å². The van der Waals surface area contributed by atoms with Gasteiger partial charge < -0.3 is 15.2 Å². The predicted octanol–water partition coefficient (Wildman–Crippen LogP) is 1.09. The van der Waals surface area contributed by atoms with Crippen molar-refractivity contribution in [1.82, 2.24) is 5.32 Å². The van der Waals surface area contributed by atoms with Crippen LogP contribution >= 0.6 is 0 Å². The topological polar surface area (TPSA) is 49.3 Å². The standard InChI is InChI=1S/C11H13NO2/c1-7-2-3-10(14)8-4-5-12-9(6-13)11(7)8/h2-3,6,9,12,14H,4-5H2,1H3. The summed E-state index contributed by atoms with van der Waals surface area (Å²) in [6, 6.07) is 3.28. The lowest BCUT2D eigenvalue weighted by Gasteiger charge is -2.25. The van der Waals surface area contributed by atoms with Crippen LogP contribution in [0.5, 0.6) is 5.75 Å². The molecule has 0 spiro atoms. The Balaban J connectivity index is 2.60. The molecule has 1 aromatic carbocycles. The summed E-state index contributed by atoms with van der Waals surface area (Å²) >= 11 is 0. The van der Waals surface area contributed by atoms with Gasteiger partial charge in [0.1, 0.15) is 12.0 Å². The van der Waals surface area contributed by atoms with Crippen LogP contribution in [0.25, 0.3) is 0 Å². The zero-order chi connectivity index (χ0) is 10.1. The minimum absolute atomic E-state index is 0.258. The number of fused-ring (bicyclic) bond motifs is 1. The molecule has 3 nitrogen and oxygen atoms in total. The van der Waals surface area contributed by atoms with Gasteiger partial charge in [-0.1, -0.05) is 6.07 Å². The Hall–Kier alpha value is -1.35. The SMILES string of the molecule is Cc1ccc(O)c2c1C(C=O)NCC2. The fraction of sp³-hybridized carbons (Fsp3) is 0.364. The summed E-state index contributed by atoms with van der Waals surface area (Å²) < 4.78 is 0. The molecule has 1 atom stereocenters. The summed E-state index contributed by atoms with van der Waals surface area (Å²) in [6.07, 6.45) is 1.68. The highest BCUT2D eigenvalue weighted by molar-refractivity contribution is 5.66. The number of aryl methyl sites for hydroxylation is 1. The van der Waals surface area contributed by atoms with E-state index in [4.69, 9.17) is 0 Å². The normalized spacial score (nSPS) is 20.2. The van der Waals surface area contributed by atoms with Crippen LogP contribution in [0.4, 0.5) is 0 Å². The Kier molecular flexibility index (Phi) is 2.25. The number of carbonyl (C=O) groups excluding carboxylic acids is 1. The van der Waals surface area contributed by atoms with Gasteiger partial charge in [-0.3, -0.25) is 0 Å². The minimum Gasteiger partial charge on any atom is -0.508 e. The van der Waals surface area contributed by atoms with Gasteiger partial charge in [-0.2, -0.15) is 0 Å². The highest BCUT2D eigenvalue weighted by atomic mass is 16.3. The largest absolute Gasteiger partial charge is 0.508 e. The second kappa shape index (κ2) is 3.42. The highest BCUT2D eigenvalue weighted by Gasteiger charge is 2.22. The lowest BCUT2D eigenvalue weighted by molar-refractivity contribution is -0.109. The Morgan fingerprint density at radius 1 is 1.57 bits per heavy atom. The van der Waals surface area contributed by atoms with E-state index in [0.717, 1.165) is 35.9 Å². The lowest BCUT2D eigenvalue weighted by Crippen LogP contribution is -2.31. The lowest BCUT2D eigenvalue weighted by atomic mass is 9.90. The Bertz CT molecular complexity index is 374. The molecule has 0 aliphatic carbocycles. The van der Waals surface area contributed by atoms with Gasteiger partial charge in [-0.05, 0) is 30.5 Å². The smallest absolute Gasteiger partial charge is 0.141 e. The number of phenols is 1. The number of aldehydes is 1. The molecular weight excluding hydrogens is 178 g/mol. The molecule has 1 heterocycles. The third-order valence-corrected chi connectivity index (χ3v) is 2.74. The summed E-state index contributed by atoms with van der Waals surface area (Å²) in [4.78, 5) is 10.8. The van der Waals surface area contributed by atoms with Crippen LogP contribution in [0, 0.1) is 6.92 Å². The molecule has 1 aliphatic heterocycles. The number of hydrogen-bond donors (Lipinski definition) is 2. The average Bonchev–Trinajstić information content (AvgIpc) is 2.23. The zero-order valence-corrected chi connectivity index (χ0v) is 8.08. The van der Waals surface area contributed by atoms with Crippen molar-refractivity contribution in [2.75, 3.05) is 6.54 Å². The molecule has 14 heavy (non-hydrogen) atoms. The van der Waals surface area contributed by atoms with Gasteiger partial charge in [-0.15, -0.1) is 0 Å². The number of phenolic OH excluding ortho intramolecular Hbond substituents is 1. The molecule has 0 fully saturated rings. The second-order valence-corrected chi connectivity index (χ2v) is 3.61. The van der Waals surface area contributed by atoms with Crippen molar-refractivity contribution < 1.29 is 9.90 Å². The van der Waals surface area contributed by atoms with Crippen LogP contribution in [0.1, 0.15) is 22.7 Å². The second-order valence-electron chi connectivity index (χ2n) is 3.61. The Morgan fingerprint density at radius 2 is 2.36 bits per heavy atom. The molecule has 1 aliphatic rings. The van der Waals surface area contributed by atoms with Crippen molar-refractivity contribution in [1.29, 1.82) is 0 Å². The maximum absolute atomic E-state index is 10.8. The van der Waals surface area contributed by atoms with E-state index in [0.29, 0.717) is 5.75 Å². The molecule has 0 radical (unpaired) electrons. The van der Waals surface area contributed by atoms with E-state index in [1.165, 1.54) is 0 Å². The first kappa shape index (κ1) is 9.21. The first-order valence-electron chi connectivity index (χ1n) is 4.74. The summed E-state index contributed by atoms with van der Waals surface area (Å²) in [5.41, 5.74) is 2.93. The zero-order valence-electron chi connectivity index (χ0n) is 8.08. The van der Waals surface area contributed by atoms with E-state index in [1.54, 1.807) is 6.07 Å². The number of hydrogen-bond acceptors (Lipinski definition) is 3. The third-order valence-electron chi connectivity index (χ3n) is 2.74.